The maximum Gasteiger partial charge on any atom is 0.337 e. The van der Waals surface area contributed by atoms with E-state index in [0.29, 0.717) is 5.01 Å². The summed E-state index contributed by atoms with van der Waals surface area (Å²) in [5.41, 5.74) is -0.355. The summed E-state index contributed by atoms with van der Waals surface area (Å²) in [6.07, 6.45) is 0. The monoisotopic (exact) mass is 296 g/mol. The molecule has 0 aliphatic carbocycles. The van der Waals surface area contributed by atoms with Crippen molar-refractivity contribution >= 4 is 34.2 Å². The van der Waals surface area contributed by atoms with Gasteiger partial charge in [0.1, 0.15) is 10.8 Å². The molecule has 0 radical (unpaired) electrons. The van der Waals surface area contributed by atoms with E-state index >= 15 is 0 Å². The molecule has 0 bridgehead atoms. The maximum atomic E-state index is 13.0. The fourth-order valence-electron chi connectivity index (χ4n) is 1.40. The third-order valence-corrected chi connectivity index (χ3v) is 2.96. The van der Waals surface area contributed by atoms with Crippen LogP contribution < -0.4 is 10.6 Å². The zero-order valence-electron chi connectivity index (χ0n) is 10.2. The first-order valence-corrected chi connectivity index (χ1v) is 6.18. The van der Waals surface area contributed by atoms with E-state index in [4.69, 9.17) is 5.11 Å². The van der Waals surface area contributed by atoms with Crippen LogP contribution in [0.1, 0.15) is 15.4 Å². The Kier molecular flexibility index (Phi) is 3.89. The number of aromatic nitrogens is 2. The van der Waals surface area contributed by atoms with Crippen molar-refractivity contribution < 1.29 is 19.1 Å². The third kappa shape index (κ3) is 3.26. The summed E-state index contributed by atoms with van der Waals surface area (Å²) in [5, 5.41) is 22.0. The number of hydrogen-bond donors (Lipinski definition) is 3. The second-order valence-corrected chi connectivity index (χ2v) is 4.88. The number of hydrogen-bond acceptors (Lipinski definition) is 5. The number of halogens is 1. The van der Waals surface area contributed by atoms with E-state index < -0.39 is 17.8 Å². The molecule has 0 saturated carbocycles. The van der Waals surface area contributed by atoms with Crippen molar-refractivity contribution in [2.45, 2.75) is 6.92 Å². The molecule has 1 heterocycles. The Hall–Kier alpha value is -2.55. The molecule has 1 aromatic carbocycles. The van der Waals surface area contributed by atoms with Gasteiger partial charge in [-0.15, -0.1) is 10.2 Å². The van der Waals surface area contributed by atoms with Gasteiger partial charge in [0.15, 0.2) is 0 Å². The van der Waals surface area contributed by atoms with Gasteiger partial charge in [-0.3, -0.25) is 5.32 Å². The molecule has 104 valence electrons. The van der Waals surface area contributed by atoms with Gasteiger partial charge in [-0.2, -0.15) is 0 Å². The van der Waals surface area contributed by atoms with E-state index in [9.17, 15) is 14.0 Å². The Bertz CT molecular complexity index is 673. The lowest BCUT2D eigenvalue weighted by Gasteiger charge is -2.08. The predicted molar refractivity (Wildman–Crippen MR) is 70.6 cm³/mol. The molecule has 0 aliphatic heterocycles. The van der Waals surface area contributed by atoms with E-state index in [2.05, 4.69) is 20.8 Å². The minimum atomic E-state index is -1.34. The predicted octanol–water partition coefficient (Wildman–Crippen LogP) is 2.33. The molecule has 9 heteroatoms. The van der Waals surface area contributed by atoms with E-state index in [1.165, 1.54) is 17.4 Å². The zero-order valence-corrected chi connectivity index (χ0v) is 11.0. The molecule has 0 saturated heterocycles. The van der Waals surface area contributed by atoms with Crippen LogP contribution in [0.2, 0.25) is 0 Å². The molecule has 2 aromatic rings. The number of carbonyl (C=O) groups excluding carboxylic acids is 1. The van der Waals surface area contributed by atoms with Crippen molar-refractivity contribution in [3.8, 4) is 0 Å². The van der Waals surface area contributed by atoms with E-state index in [0.717, 1.165) is 12.1 Å². The molecule has 0 unspecified atom stereocenters. The van der Waals surface area contributed by atoms with E-state index in [1.54, 1.807) is 6.92 Å². The van der Waals surface area contributed by atoms with Crippen molar-refractivity contribution in [1.29, 1.82) is 0 Å². The topological polar surface area (TPSA) is 104 Å². The van der Waals surface area contributed by atoms with Crippen LogP contribution in [0.5, 0.6) is 0 Å². The van der Waals surface area contributed by atoms with Gasteiger partial charge >= 0.3 is 12.0 Å². The zero-order chi connectivity index (χ0) is 14.7. The lowest BCUT2D eigenvalue weighted by molar-refractivity contribution is 0.0697. The molecule has 1 aromatic heterocycles. The van der Waals surface area contributed by atoms with Crippen LogP contribution in [-0.2, 0) is 0 Å². The molecule has 0 spiro atoms. The number of carbonyl (C=O) groups is 2. The summed E-state index contributed by atoms with van der Waals surface area (Å²) in [6, 6.07) is 2.36. The molecule has 2 amide bonds. The van der Waals surface area contributed by atoms with Crippen LogP contribution in [0, 0.1) is 12.7 Å². The maximum absolute atomic E-state index is 13.0. The SMILES string of the molecule is Cc1nnc(NC(=O)Nc2ccc(F)cc2C(=O)O)s1. The van der Waals surface area contributed by atoms with Gasteiger partial charge in [0.2, 0.25) is 5.13 Å². The van der Waals surface area contributed by atoms with E-state index in [-0.39, 0.29) is 16.4 Å². The number of aromatic carboxylic acids is 1. The van der Waals surface area contributed by atoms with Crippen LogP contribution in [0.3, 0.4) is 0 Å². The Morgan fingerprint density at radius 2 is 2.05 bits per heavy atom. The molecule has 0 atom stereocenters. The Balaban J connectivity index is 2.13. The van der Waals surface area contributed by atoms with Crippen LogP contribution in [0.25, 0.3) is 0 Å². The summed E-state index contributed by atoms with van der Waals surface area (Å²) in [5.74, 6) is -2.04. The summed E-state index contributed by atoms with van der Waals surface area (Å²) < 4.78 is 13.0. The van der Waals surface area contributed by atoms with Crippen molar-refractivity contribution in [2.75, 3.05) is 10.6 Å². The number of carboxylic acids is 1. The van der Waals surface area contributed by atoms with Crippen molar-refractivity contribution in [3.63, 3.8) is 0 Å². The molecule has 0 aliphatic rings. The lowest BCUT2D eigenvalue weighted by atomic mass is 10.2. The number of amides is 2. The largest absolute Gasteiger partial charge is 0.478 e. The fourth-order valence-corrected chi connectivity index (χ4v) is 1.99. The number of rotatable bonds is 3. The van der Waals surface area contributed by atoms with Gasteiger partial charge in [0.05, 0.1) is 11.3 Å². The smallest absolute Gasteiger partial charge is 0.337 e. The van der Waals surface area contributed by atoms with Crippen molar-refractivity contribution in [2.24, 2.45) is 0 Å². The highest BCUT2D eigenvalue weighted by Crippen LogP contribution is 2.18. The van der Waals surface area contributed by atoms with Gasteiger partial charge in [-0.25, -0.2) is 14.0 Å². The first-order valence-electron chi connectivity index (χ1n) is 5.36. The number of anilines is 2. The van der Waals surface area contributed by atoms with Crippen LogP contribution in [0.4, 0.5) is 20.0 Å². The molecule has 0 fully saturated rings. The van der Waals surface area contributed by atoms with Gasteiger partial charge in [0, 0.05) is 0 Å². The molecule has 20 heavy (non-hydrogen) atoms. The summed E-state index contributed by atoms with van der Waals surface area (Å²) >= 11 is 1.17. The van der Waals surface area contributed by atoms with Gasteiger partial charge in [-0.05, 0) is 25.1 Å². The van der Waals surface area contributed by atoms with Crippen LogP contribution in [0.15, 0.2) is 18.2 Å². The highest BCUT2D eigenvalue weighted by molar-refractivity contribution is 7.15. The Labute approximate surface area is 116 Å². The summed E-state index contributed by atoms with van der Waals surface area (Å²) in [7, 11) is 0. The average Bonchev–Trinajstić information content (AvgIpc) is 2.76. The molecule has 2 rings (SSSR count). The molecular formula is C11H9FN4O3S. The number of nitrogens with one attached hydrogen (secondary N) is 2. The number of carboxylic acid groups (broad SMARTS) is 1. The lowest BCUT2D eigenvalue weighted by Crippen LogP contribution is -2.21. The number of benzene rings is 1. The van der Waals surface area contributed by atoms with Crippen LogP contribution in [-0.4, -0.2) is 27.3 Å². The highest BCUT2D eigenvalue weighted by atomic mass is 32.1. The average molecular weight is 296 g/mol. The minimum absolute atomic E-state index is 0.0161. The standard InChI is InChI=1S/C11H9FN4O3S/c1-5-15-16-11(20-5)14-10(19)13-8-3-2-6(12)4-7(8)9(17)18/h2-4H,1H3,(H,17,18)(H2,13,14,16,19). The normalized spacial score (nSPS) is 10.1. The number of urea groups is 1. The number of nitrogens with zero attached hydrogens (tertiary/aromatic N) is 2. The minimum Gasteiger partial charge on any atom is -0.478 e. The first kappa shape index (κ1) is 13.9. The fraction of sp³-hybridized carbons (Fsp3) is 0.0909. The van der Waals surface area contributed by atoms with Crippen molar-refractivity contribution in [3.05, 3.63) is 34.6 Å². The second kappa shape index (κ2) is 5.61. The molecular weight excluding hydrogens is 287 g/mol. The van der Waals surface area contributed by atoms with Gasteiger partial charge in [-0.1, -0.05) is 11.3 Å². The Morgan fingerprint density at radius 1 is 1.30 bits per heavy atom. The van der Waals surface area contributed by atoms with Crippen molar-refractivity contribution in [1.82, 2.24) is 10.2 Å². The first-order chi connectivity index (χ1) is 9.45. The Morgan fingerprint density at radius 3 is 2.65 bits per heavy atom. The van der Waals surface area contributed by atoms with E-state index in [1.807, 2.05) is 0 Å². The molecule has 7 nitrogen and oxygen atoms in total. The van der Waals surface area contributed by atoms with Gasteiger partial charge < -0.3 is 10.4 Å². The second-order valence-electron chi connectivity index (χ2n) is 3.70. The summed E-state index contributed by atoms with van der Waals surface area (Å²) in [6.45, 7) is 1.73. The molecule has 3 N–H and O–H groups in total. The highest BCUT2D eigenvalue weighted by Gasteiger charge is 2.14. The third-order valence-electron chi connectivity index (χ3n) is 2.21. The van der Waals surface area contributed by atoms with Crippen LogP contribution >= 0.6 is 11.3 Å². The van der Waals surface area contributed by atoms with Gasteiger partial charge in [0.25, 0.3) is 0 Å². The number of aryl methyl sites for hydroxylation is 1. The summed E-state index contributed by atoms with van der Waals surface area (Å²) in [4.78, 5) is 22.6. The quantitative estimate of drug-likeness (QED) is 0.806.